The summed E-state index contributed by atoms with van der Waals surface area (Å²) >= 11 is 0. The van der Waals surface area contributed by atoms with Gasteiger partial charge in [-0.3, -0.25) is 0 Å². The zero-order valence-electron chi connectivity index (χ0n) is 10.3. The van der Waals surface area contributed by atoms with Crippen molar-refractivity contribution in [2.45, 2.75) is 0 Å². The Morgan fingerprint density at radius 3 is 0.524 bits per heavy atom. The van der Waals surface area contributed by atoms with Gasteiger partial charge in [0.05, 0.1) is 36.1 Å². The number of hydrogen-bond acceptors (Lipinski definition) is 12. The molecule has 0 aliphatic carbocycles. The van der Waals surface area contributed by atoms with Crippen molar-refractivity contribution in [3.63, 3.8) is 0 Å². The molecule has 12 nitrogen and oxygen atoms in total. The Morgan fingerprint density at radius 1 is 0.333 bits per heavy atom. The smallest absolute Gasteiger partial charge is 0.844 e. The maximum Gasteiger partial charge on any atom is 2.00 e. The summed E-state index contributed by atoms with van der Waals surface area (Å²) in [7, 11) is 0. The van der Waals surface area contributed by atoms with Crippen LogP contribution in [-0.4, -0.2) is 166 Å². The van der Waals surface area contributed by atoms with Crippen LogP contribution in [0.2, 0.25) is 0 Å². The molecule has 2 rings (SSSR count). The predicted octanol–water partition coefficient (Wildman–Crippen LogP) is -6.96. The van der Waals surface area contributed by atoms with Gasteiger partial charge in [0.1, 0.15) is 0 Å². The van der Waals surface area contributed by atoms with Gasteiger partial charge in [-0.25, -0.2) is 29.9 Å². The minimum Gasteiger partial charge on any atom is -0.844 e. The number of rotatable bonds is 0. The van der Waals surface area contributed by atoms with Crippen LogP contribution in [0, 0.1) is 0 Å². The summed E-state index contributed by atoms with van der Waals surface area (Å²) in [5.41, 5.74) is 0. The van der Waals surface area contributed by atoms with E-state index in [1.54, 1.807) is 0 Å². The van der Waals surface area contributed by atoms with Gasteiger partial charge in [0.2, 0.25) is 0 Å². The molecular formula is C6N6O6Sr3. The van der Waals surface area contributed by atoms with Crippen LogP contribution in [0.4, 0.5) is 0 Å². The van der Waals surface area contributed by atoms with E-state index in [0.717, 1.165) is 0 Å². The second-order valence-electron chi connectivity index (χ2n) is 2.37. The van der Waals surface area contributed by atoms with Crippen LogP contribution in [0.15, 0.2) is 0 Å². The molecule has 0 atom stereocenters. The van der Waals surface area contributed by atoms with E-state index < -0.39 is 36.1 Å². The van der Waals surface area contributed by atoms with E-state index in [2.05, 4.69) is 29.9 Å². The zero-order valence-corrected chi connectivity index (χ0v) is 20.7. The monoisotopic (exact) mass is 516 g/mol. The van der Waals surface area contributed by atoms with Crippen molar-refractivity contribution >= 4 is 136 Å². The van der Waals surface area contributed by atoms with Crippen molar-refractivity contribution in [3.8, 4) is 36.1 Å². The SMILES string of the molecule is [O-]c1nc([O-])nc([O-])n1.[O-]c1nc([O-])nc([O-])n1.[Sr+2].[Sr+2].[Sr+2]. The van der Waals surface area contributed by atoms with Gasteiger partial charge >= 0.3 is 136 Å². The standard InChI is InChI=1S/2C3H3N3O3.3Sr/c2*7-1-4-2(8)6-3(9)5-1;;;/h2*(H3,4,5,6,7,8,9);;;/q;;3*+2/p-6. The topological polar surface area (TPSA) is 216 Å². The van der Waals surface area contributed by atoms with Crippen molar-refractivity contribution in [3.05, 3.63) is 0 Å². The molecule has 0 unspecified atom stereocenters. The quantitative estimate of drug-likeness (QED) is 0.299. The van der Waals surface area contributed by atoms with Gasteiger partial charge in [0, 0.05) is 0 Å². The first-order valence-electron chi connectivity index (χ1n) is 3.91. The fourth-order valence-corrected chi connectivity index (χ4v) is 0.641. The molecule has 15 heteroatoms. The van der Waals surface area contributed by atoms with Gasteiger partial charge < -0.3 is 30.6 Å². The molecule has 2 aromatic heterocycles. The van der Waals surface area contributed by atoms with E-state index in [4.69, 9.17) is 0 Å². The Bertz CT molecular complexity index is 412. The van der Waals surface area contributed by atoms with Gasteiger partial charge in [0.25, 0.3) is 0 Å². The summed E-state index contributed by atoms with van der Waals surface area (Å²) in [4.78, 5) is 16.2. The molecule has 0 aromatic carbocycles. The molecule has 0 spiro atoms. The number of hydrogen-bond donors (Lipinski definition) is 0. The fraction of sp³-hybridized carbons (Fsp3) is 0. The minimum absolute atomic E-state index is 0. The average molecular weight is 515 g/mol. The Balaban J connectivity index is -0.000000270. The number of nitrogens with zero attached hydrogens (tertiary/aromatic N) is 6. The van der Waals surface area contributed by atoms with Gasteiger partial charge in [-0.05, 0) is 0 Å². The molecule has 0 radical (unpaired) electrons. The largest absolute Gasteiger partial charge is 2.00 e. The van der Waals surface area contributed by atoms with E-state index in [0.29, 0.717) is 0 Å². The molecule has 0 saturated carbocycles. The number of aromatic nitrogens is 6. The van der Waals surface area contributed by atoms with E-state index in [1.807, 2.05) is 0 Å². The third-order valence-electron chi connectivity index (χ3n) is 1.15. The van der Waals surface area contributed by atoms with E-state index in [1.165, 1.54) is 0 Å². The molecule has 0 aliphatic rings. The van der Waals surface area contributed by atoms with Crippen molar-refractivity contribution < 1.29 is 30.6 Å². The van der Waals surface area contributed by atoms with Crippen molar-refractivity contribution in [2.24, 2.45) is 0 Å². The summed E-state index contributed by atoms with van der Waals surface area (Å²) in [6, 6.07) is -6.50. The molecule has 96 valence electrons. The molecule has 0 saturated heterocycles. The van der Waals surface area contributed by atoms with Crippen LogP contribution < -0.4 is 30.6 Å². The Hall–Kier alpha value is 1.26. The van der Waals surface area contributed by atoms with Crippen LogP contribution in [0.1, 0.15) is 0 Å². The van der Waals surface area contributed by atoms with Crippen LogP contribution >= 0.6 is 0 Å². The summed E-state index contributed by atoms with van der Waals surface area (Å²) in [5.74, 6) is 0. The average Bonchev–Trinajstić information content (AvgIpc) is 2.12. The molecule has 0 amide bonds. The summed E-state index contributed by atoms with van der Waals surface area (Å²) in [6.07, 6.45) is 0. The summed E-state index contributed by atoms with van der Waals surface area (Å²) in [6.45, 7) is 0. The van der Waals surface area contributed by atoms with Crippen molar-refractivity contribution in [1.82, 2.24) is 29.9 Å². The molecular weight excluding hydrogens is 515 g/mol. The fourth-order valence-electron chi connectivity index (χ4n) is 0.641. The normalized spacial score (nSPS) is 8.00. The molecule has 2 aromatic rings. The summed E-state index contributed by atoms with van der Waals surface area (Å²) in [5, 5.41) is 60.3. The molecule has 0 bridgehead atoms. The maximum atomic E-state index is 10.0. The molecule has 0 fully saturated rings. The Labute approximate surface area is 228 Å². The van der Waals surface area contributed by atoms with Crippen molar-refractivity contribution in [2.75, 3.05) is 0 Å². The molecule has 0 N–H and O–H groups in total. The third kappa shape index (κ3) is 12.4. The van der Waals surface area contributed by atoms with E-state index in [-0.39, 0.29) is 136 Å². The van der Waals surface area contributed by atoms with Gasteiger partial charge in [0.15, 0.2) is 0 Å². The minimum atomic E-state index is -1.08. The second-order valence-corrected chi connectivity index (χ2v) is 2.37. The second kappa shape index (κ2) is 13.7. The Morgan fingerprint density at radius 2 is 0.429 bits per heavy atom. The molecule has 2 heterocycles. The first kappa shape index (κ1) is 27.1. The molecule has 0 aliphatic heterocycles. The molecule has 21 heavy (non-hydrogen) atoms. The third-order valence-corrected chi connectivity index (χ3v) is 1.15. The summed E-state index contributed by atoms with van der Waals surface area (Å²) < 4.78 is 0. The van der Waals surface area contributed by atoms with Gasteiger partial charge in [-0.2, -0.15) is 0 Å². The van der Waals surface area contributed by atoms with E-state index >= 15 is 0 Å². The Kier molecular flexibility index (Phi) is 17.7. The van der Waals surface area contributed by atoms with E-state index in [9.17, 15) is 30.6 Å². The van der Waals surface area contributed by atoms with Crippen LogP contribution in [0.3, 0.4) is 0 Å². The predicted molar refractivity (Wildman–Crippen MR) is 53.6 cm³/mol. The maximum absolute atomic E-state index is 10.0. The van der Waals surface area contributed by atoms with Crippen LogP contribution in [0.25, 0.3) is 0 Å². The first-order valence-corrected chi connectivity index (χ1v) is 3.91. The van der Waals surface area contributed by atoms with Crippen LogP contribution in [0.5, 0.6) is 36.1 Å². The van der Waals surface area contributed by atoms with Gasteiger partial charge in [-0.15, -0.1) is 0 Å². The van der Waals surface area contributed by atoms with Crippen molar-refractivity contribution in [1.29, 1.82) is 0 Å². The van der Waals surface area contributed by atoms with Crippen LogP contribution in [-0.2, 0) is 0 Å². The van der Waals surface area contributed by atoms with Gasteiger partial charge in [-0.1, -0.05) is 0 Å². The first-order chi connectivity index (χ1) is 8.36. The zero-order chi connectivity index (χ0) is 13.7.